The molecule has 0 radical (unpaired) electrons. The van der Waals surface area contributed by atoms with Crippen LogP contribution in [-0.4, -0.2) is 26.4 Å². The van der Waals surface area contributed by atoms with E-state index in [4.69, 9.17) is 18.9 Å². The lowest BCUT2D eigenvalue weighted by molar-refractivity contribution is -0.0442. The fraction of sp³-hybridized carbons (Fsp3) is 0.760. The van der Waals surface area contributed by atoms with Crippen LogP contribution in [0.4, 0.5) is 0 Å². The minimum atomic E-state index is -0.279. The van der Waals surface area contributed by atoms with Gasteiger partial charge in [0.1, 0.15) is 0 Å². The monoisotopic (exact) mass is 406 g/mol. The largest absolute Gasteiger partial charge is 0.490 e. The number of rotatable bonds is 17. The summed E-state index contributed by atoms with van der Waals surface area (Å²) in [5.74, 6) is 1.66. The van der Waals surface area contributed by atoms with E-state index < -0.39 is 0 Å². The first-order valence-corrected chi connectivity index (χ1v) is 12.0. The van der Waals surface area contributed by atoms with Gasteiger partial charge < -0.3 is 18.9 Å². The molecule has 0 atom stereocenters. The summed E-state index contributed by atoms with van der Waals surface area (Å²) in [6.07, 6.45) is 14.9. The summed E-state index contributed by atoms with van der Waals surface area (Å²) < 4.78 is 23.5. The van der Waals surface area contributed by atoms with E-state index in [1.165, 1.54) is 64.2 Å². The van der Waals surface area contributed by atoms with Crippen molar-refractivity contribution in [2.75, 3.05) is 26.4 Å². The minimum absolute atomic E-state index is 0.279. The maximum Gasteiger partial charge on any atom is 0.184 e. The summed E-state index contributed by atoms with van der Waals surface area (Å²) in [6.45, 7) is 7.27. The van der Waals surface area contributed by atoms with E-state index in [2.05, 4.69) is 13.8 Å². The summed E-state index contributed by atoms with van der Waals surface area (Å²) in [7, 11) is 0. The van der Waals surface area contributed by atoms with Crippen LogP contribution < -0.4 is 9.47 Å². The van der Waals surface area contributed by atoms with Gasteiger partial charge in [0.2, 0.25) is 0 Å². The Morgan fingerprint density at radius 2 is 1.21 bits per heavy atom. The molecular weight excluding hydrogens is 364 g/mol. The molecule has 0 saturated carbocycles. The average Bonchev–Trinajstić information content (AvgIpc) is 3.28. The highest BCUT2D eigenvalue weighted by atomic mass is 16.7. The van der Waals surface area contributed by atoms with Gasteiger partial charge in [-0.25, -0.2) is 0 Å². The first-order valence-electron chi connectivity index (χ1n) is 12.0. The van der Waals surface area contributed by atoms with Crippen LogP contribution in [0.5, 0.6) is 11.5 Å². The molecule has 1 heterocycles. The van der Waals surface area contributed by atoms with Gasteiger partial charge in [-0.3, -0.25) is 0 Å². The number of unbranched alkanes of at least 4 members (excludes halogenated alkanes) is 10. The van der Waals surface area contributed by atoms with Crippen molar-refractivity contribution >= 4 is 0 Å². The molecule has 2 rings (SSSR count). The lowest BCUT2D eigenvalue weighted by Crippen LogP contribution is -2.05. The van der Waals surface area contributed by atoms with Crippen molar-refractivity contribution < 1.29 is 18.9 Å². The van der Waals surface area contributed by atoms with Gasteiger partial charge >= 0.3 is 0 Å². The lowest BCUT2D eigenvalue weighted by Gasteiger charge is -2.16. The molecule has 1 aromatic carbocycles. The molecule has 4 nitrogen and oxygen atoms in total. The second-order valence-electron chi connectivity index (χ2n) is 8.01. The standard InChI is InChI=1S/C25H42O4/c1-3-5-7-9-11-13-17-26-23-16-15-22(25-28-19-20-29-25)21-24(23)27-18-14-12-10-8-6-4-2/h15-16,21,25H,3-14,17-20H2,1-2H3. The molecule has 0 bridgehead atoms. The average molecular weight is 407 g/mol. The molecule has 1 aliphatic heterocycles. The Hall–Kier alpha value is -1.26. The summed E-state index contributed by atoms with van der Waals surface area (Å²) in [6, 6.07) is 6.07. The van der Waals surface area contributed by atoms with E-state index >= 15 is 0 Å². The molecule has 1 aromatic rings. The first kappa shape index (κ1) is 24.0. The molecule has 0 spiro atoms. The van der Waals surface area contributed by atoms with Crippen LogP contribution in [-0.2, 0) is 9.47 Å². The van der Waals surface area contributed by atoms with Crippen molar-refractivity contribution in [3.05, 3.63) is 23.8 Å². The molecule has 0 unspecified atom stereocenters. The van der Waals surface area contributed by atoms with E-state index in [0.29, 0.717) is 13.2 Å². The van der Waals surface area contributed by atoms with Crippen LogP contribution >= 0.6 is 0 Å². The number of benzene rings is 1. The number of hydrogen-bond acceptors (Lipinski definition) is 4. The van der Waals surface area contributed by atoms with E-state index in [-0.39, 0.29) is 6.29 Å². The molecule has 1 saturated heterocycles. The van der Waals surface area contributed by atoms with E-state index in [1.807, 2.05) is 18.2 Å². The second-order valence-corrected chi connectivity index (χ2v) is 8.01. The van der Waals surface area contributed by atoms with Gasteiger partial charge in [0.25, 0.3) is 0 Å². The van der Waals surface area contributed by atoms with Crippen LogP contribution in [0.25, 0.3) is 0 Å². The van der Waals surface area contributed by atoms with E-state index in [0.717, 1.165) is 43.1 Å². The number of hydrogen-bond donors (Lipinski definition) is 0. The van der Waals surface area contributed by atoms with E-state index in [1.54, 1.807) is 0 Å². The molecule has 0 N–H and O–H groups in total. The van der Waals surface area contributed by atoms with Gasteiger partial charge in [0.05, 0.1) is 26.4 Å². The van der Waals surface area contributed by atoms with Gasteiger partial charge in [0, 0.05) is 5.56 Å². The topological polar surface area (TPSA) is 36.9 Å². The van der Waals surface area contributed by atoms with Crippen LogP contribution in [0.2, 0.25) is 0 Å². The molecule has 4 heteroatoms. The van der Waals surface area contributed by atoms with Crippen LogP contribution in [0.3, 0.4) is 0 Å². The van der Waals surface area contributed by atoms with Gasteiger partial charge in [-0.15, -0.1) is 0 Å². The first-order chi connectivity index (χ1) is 14.3. The Morgan fingerprint density at radius 1 is 0.690 bits per heavy atom. The Kier molecular flexibility index (Phi) is 12.9. The van der Waals surface area contributed by atoms with Gasteiger partial charge in [0.15, 0.2) is 17.8 Å². The zero-order valence-corrected chi connectivity index (χ0v) is 18.8. The summed E-state index contributed by atoms with van der Waals surface area (Å²) in [4.78, 5) is 0. The third-order valence-electron chi connectivity index (χ3n) is 5.37. The highest BCUT2D eigenvalue weighted by Crippen LogP contribution is 2.33. The maximum absolute atomic E-state index is 6.12. The Bertz CT molecular complexity index is 526. The quantitative estimate of drug-likeness (QED) is 0.256. The second kappa shape index (κ2) is 15.6. The Labute approximate surface area is 178 Å². The van der Waals surface area contributed by atoms with Crippen LogP contribution in [0.15, 0.2) is 18.2 Å². The Balaban J connectivity index is 1.80. The Morgan fingerprint density at radius 3 is 1.79 bits per heavy atom. The smallest absolute Gasteiger partial charge is 0.184 e. The number of ether oxygens (including phenoxy) is 4. The minimum Gasteiger partial charge on any atom is -0.490 e. The summed E-state index contributed by atoms with van der Waals surface area (Å²) in [5.41, 5.74) is 1.01. The SMILES string of the molecule is CCCCCCCCOc1ccc(C2OCCO2)cc1OCCCCCCCC. The van der Waals surface area contributed by atoms with Gasteiger partial charge in [-0.05, 0) is 25.0 Å². The fourth-order valence-corrected chi connectivity index (χ4v) is 3.58. The predicted octanol–water partition coefficient (Wildman–Crippen LogP) is 7.21. The van der Waals surface area contributed by atoms with Crippen molar-refractivity contribution in [1.29, 1.82) is 0 Å². The molecule has 1 fully saturated rings. The normalized spacial score (nSPS) is 14.4. The van der Waals surface area contributed by atoms with Crippen molar-refractivity contribution in [3.8, 4) is 11.5 Å². The maximum atomic E-state index is 6.12. The molecule has 29 heavy (non-hydrogen) atoms. The van der Waals surface area contributed by atoms with Crippen LogP contribution in [0.1, 0.15) is 103 Å². The van der Waals surface area contributed by atoms with E-state index in [9.17, 15) is 0 Å². The third kappa shape index (κ3) is 9.86. The highest BCUT2D eigenvalue weighted by molar-refractivity contribution is 5.43. The summed E-state index contributed by atoms with van der Waals surface area (Å²) in [5, 5.41) is 0. The highest BCUT2D eigenvalue weighted by Gasteiger charge is 2.20. The van der Waals surface area contributed by atoms with Crippen molar-refractivity contribution in [3.63, 3.8) is 0 Å². The van der Waals surface area contributed by atoms with Crippen molar-refractivity contribution in [2.45, 2.75) is 97.2 Å². The molecular formula is C25H42O4. The predicted molar refractivity (Wildman–Crippen MR) is 119 cm³/mol. The zero-order chi connectivity index (χ0) is 20.6. The van der Waals surface area contributed by atoms with Crippen molar-refractivity contribution in [1.82, 2.24) is 0 Å². The fourth-order valence-electron chi connectivity index (χ4n) is 3.58. The van der Waals surface area contributed by atoms with Gasteiger partial charge in [-0.1, -0.05) is 84.1 Å². The molecule has 0 amide bonds. The van der Waals surface area contributed by atoms with Gasteiger partial charge in [-0.2, -0.15) is 0 Å². The third-order valence-corrected chi connectivity index (χ3v) is 5.37. The molecule has 0 aliphatic carbocycles. The summed E-state index contributed by atoms with van der Waals surface area (Å²) >= 11 is 0. The van der Waals surface area contributed by atoms with Crippen molar-refractivity contribution in [2.24, 2.45) is 0 Å². The lowest BCUT2D eigenvalue weighted by atomic mass is 10.1. The zero-order valence-electron chi connectivity index (χ0n) is 18.8. The molecule has 166 valence electrons. The molecule has 0 aromatic heterocycles. The molecule has 1 aliphatic rings. The van der Waals surface area contributed by atoms with Crippen LogP contribution in [0, 0.1) is 0 Å².